The zero-order valence-corrected chi connectivity index (χ0v) is 13.5. The molecule has 0 radical (unpaired) electrons. The van der Waals surface area contributed by atoms with Gasteiger partial charge in [-0.3, -0.25) is 14.4 Å². The van der Waals surface area contributed by atoms with Gasteiger partial charge in [-0.2, -0.15) is 0 Å². The molecular weight excluding hydrogens is 296 g/mol. The number of amides is 2. The van der Waals surface area contributed by atoms with E-state index in [0.717, 1.165) is 12.1 Å². The Balaban J connectivity index is 1.94. The van der Waals surface area contributed by atoms with E-state index < -0.39 is 0 Å². The van der Waals surface area contributed by atoms with E-state index in [1.807, 2.05) is 0 Å². The summed E-state index contributed by atoms with van der Waals surface area (Å²) in [6, 6.07) is 6.88. The maximum atomic E-state index is 12.1. The molecule has 23 heavy (non-hydrogen) atoms. The SMILES string of the molecule is COCCCNC(=O)C1CC(=O)N(c2ccc(C(C)=O)cc2)C1. The van der Waals surface area contributed by atoms with Crippen molar-refractivity contribution in [2.75, 3.05) is 31.7 Å². The van der Waals surface area contributed by atoms with Crippen LogP contribution in [0.1, 0.15) is 30.1 Å². The first-order valence-corrected chi connectivity index (χ1v) is 7.71. The van der Waals surface area contributed by atoms with Gasteiger partial charge < -0.3 is 15.0 Å². The Kier molecular flexibility index (Phi) is 5.87. The maximum Gasteiger partial charge on any atom is 0.227 e. The van der Waals surface area contributed by atoms with E-state index in [1.54, 1.807) is 36.3 Å². The summed E-state index contributed by atoms with van der Waals surface area (Å²) in [5.41, 5.74) is 1.32. The number of nitrogens with one attached hydrogen (secondary N) is 1. The quantitative estimate of drug-likeness (QED) is 0.609. The van der Waals surface area contributed by atoms with Gasteiger partial charge in [0, 0.05) is 44.5 Å². The number of anilines is 1. The first-order valence-electron chi connectivity index (χ1n) is 7.71. The van der Waals surface area contributed by atoms with E-state index in [9.17, 15) is 14.4 Å². The van der Waals surface area contributed by atoms with E-state index in [2.05, 4.69) is 5.32 Å². The zero-order valence-electron chi connectivity index (χ0n) is 13.5. The van der Waals surface area contributed by atoms with Crippen LogP contribution in [0, 0.1) is 5.92 Å². The van der Waals surface area contributed by atoms with Gasteiger partial charge >= 0.3 is 0 Å². The molecule has 1 fully saturated rings. The van der Waals surface area contributed by atoms with Gasteiger partial charge in [-0.05, 0) is 37.6 Å². The number of methoxy groups -OCH3 is 1. The van der Waals surface area contributed by atoms with Crippen LogP contribution >= 0.6 is 0 Å². The smallest absolute Gasteiger partial charge is 0.227 e. The zero-order chi connectivity index (χ0) is 16.8. The van der Waals surface area contributed by atoms with Gasteiger partial charge in [-0.1, -0.05) is 0 Å². The highest BCUT2D eigenvalue weighted by Gasteiger charge is 2.34. The molecule has 1 saturated heterocycles. The van der Waals surface area contributed by atoms with Crippen LogP contribution in [0.2, 0.25) is 0 Å². The maximum absolute atomic E-state index is 12.1. The van der Waals surface area contributed by atoms with Crippen LogP contribution in [0.5, 0.6) is 0 Å². The summed E-state index contributed by atoms with van der Waals surface area (Å²) in [5, 5.41) is 2.83. The summed E-state index contributed by atoms with van der Waals surface area (Å²) in [6.07, 6.45) is 0.962. The Bertz CT molecular complexity index is 583. The third kappa shape index (κ3) is 4.39. The molecule has 0 spiro atoms. The highest BCUT2D eigenvalue weighted by atomic mass is 16.5. The predicted octanol–water partition coefficient (Wildman–Crippen LogP) is 1.39. The Labute approximate surface area is 135 Å². The minimum Gasteiger partial charge on any atom is -0.385 e. The summed E-state index contributed by atoms with van der Waals surface area (Å²) in [7, 11) is 1.62. The topological polar surface area (TPSA) is 75.7 Å². The van der Waals surface area contributed by atoms with Gasteiger partial charge in [0.1, 0.15) is 0 Å². The number of Topliss-reactive ketones (excluding diaryl/α,β-unsaturated/α-hetero) is 1. The predicted molar refractivity (Wildman–Crippen MR) is 86.4 cm³/mol. The van der Waals surface area contributed by atoms with Crippen molar-refractivity contribution < 1.29 is 19.1 Å². The molecule has 1 heterocycles. The molecule has 1 aliphatic heterocycles. The molecule has 0 aliphatic carbocycles. The Hall–Kier alpha value is -2.21. The van der Waals surface area contributed by atoms with Crippen molar-refractivity contribution in [3.63, 3.8) is 0 Å². The lowest BCUT2D eigenvalue weighted by Crippen LogP contribution is -2.33. The third-order valence-electron chi connectivity index (χ3n) is 3.91. The number of carbonyl (C=O) groups excluding carboxylic acids is 3. The molecule has 1 unspecified atom stereocenters. The summed E-state index contributed by atoms with van der Waals surface area (Å²) in [6.45, 7) is 3.01. The van der Waals surface area contributed by atoms with Crippen molar-refractivity contribution in [3.8, 4) is 0 Å². The van der Waals surface area contributed by atoms with Crippen molar-refractivity contribution in [2.45, 2.75) is 19.8 Å². The molecule has 124 valence electrons. The Morgan fingerprint density at radius 1 is 1.30 bits per heavy atom. The standard InChI is InChI=1S/C17H22N2O4/c1-12(20)13-4-6-15(7-5-13)19-11-14(10-16(19)21)17(22)18-8-3-9-23-2/h4-7,14H,3,8-11H2,1-2H3,(H,18,22). The van der Waals surface area contributed by atoms with Gasteiger partial charge in [-0.15, -0.1) is 0 Å². The van der Waals surface area contributed by atoms with E-state index in [-0.39, 0.29) is 29.9 Å². The fraction of sp³-hybridized carbons (Fsp3) is 0.471. The van der Waals surface area contributed by atoms with Crippen LogP contribution < -0.4 is 10.2 Å². The van der Waals surface area contributed by atoms with Crippen molar-refractivity contribution in [1.29, 1.82) is 0 Å². The number of ether oxygens (including phenoxy) is 1. The monoisotopic (exact) mass is 318 g/mol. The average molecular weight is 318 g/mol. The van der Waals surface area contributed by atoms with Crippen LogP contribution in [-0.4, -0.2) is 44.4 Å². The minimum absolute atomic E-state index is 0.0161. The summed E-state index contributed by atoms with van der Waals surface area (Å²) < 4.78 is 4.93. The highest BCUT2D eigenvalue weighted by Crippen LogP contribution is 2.25. The fourth-order valence-corrected chi connectivity index (χ4v) is 2.58. The number of nitrogens with zero attached hydrogens (tertiary/aromatic N) is 1. The lowest BCUT2D eigenvalue weighted by Gasteiger charge is -2.17. The molecule has 0 saturated carbocycles. The lowest BCUT2D eigenvalue weighted by atomic mass is 10.1. The second-order valence-corrected chi connectivity index (χ2v) is 5.65. The summed E-state index contributed by atoms with van der Waals surface area (Å²) in [5.74, 6) is -0.523. The molecular formula is C17H22N2O4. The van der Waals surface area contributed by atoms with Crippen LogP contribution in [0.4, 0.5) is 5.69 Å². The lowest BCUT2D eigenvalue weighted by molar-refractivity contribution is -0.126. The van der Waals surface area contributed by atoms with Gasteiger partial charge in [-0.25, -0.2) is 0 Å². The van der Waals surface area contributed by atoms with Crippen molar-refractivity contribution in [1.82, 2.24) is 5.32 Å². The number of hydrogen-bond donors (Lipinski definition) is 1. The largest absolute Gasteiger partial charge is 0.385 e. The van der Waals surface area contributed by atoms with Crippen molar-refractivity contribution in [3.05, 3.63) is 29.8 Å². The summed E-state index contributed by atoms with van der Waals surface area (Å²) in [4.78, 5) is 37.1. The molecule has 1 N–H and O–H groups in total. The van der Waals surface area contributed by atoms with Crippen molar-refractivity contribution in [2.24, 2.45) is 5.92 Å². The third-order valence-corrected chi connectivity index (χ3v) is 3.91. The molecule has 6 nitrogen and oxygen atoms in total. The number of ketones is 1. The average Bonchev–Trinajstić information content (AvgIpc) is 2.93. The highest BCUT2D eigenvalue weighted by molar-refractivity contribution is 6.01. The second-order valence-electron chi connectivity index (χ2n) is 5.65. The Morgan fingerprint density at radius 2 is 2.00 bits per heavy atom. The van der Waals surface area contributed by atoms with Crippen LogP contribution in [0.25, 0.3) is 0 Å². The van der Waals surface area contributed by atoms with Gasteiger partial charge in [0.2, 0.25) is 11.8 Å². The first-order chi connectivity index (χ1) is 11.0. The number of benzene rings is 1. The molecule has 2 rings (SSSR count). The molecule has 1 aromatic rings. The van der Waals surface area contributed by atoms with Gasteiger partial charge in [0.25, 0.3) is 0 Å². The molecule has 1 aliphatic rings. The molecule has 0 bridgehead atoms. The minimum atomic E-state index is -0.336. The van der Waals surface area contributed by atoms with E-state index in [0.29, 0.717) is 25.3 Å². The van der Waals surface area contributed by atoms with Crippen LogP contribution in [0.15, 0.2) is 24.3 Å². The van der Waals surface area contributed by atoms with E-state index >= 15 is 0 Å². The van der Waals surface area contributed by atoms with Gasteiger partial charge in [0.15, 0.2) is 5.78 Å². The van der Waals surface area contributed by atoms with Crippen LogP contribution in [0.3, 0.4) is 0 Å². The molecule has 2 amide bonds. The molecule has 1 aromatic carbocycles. The molecule has 6 heteroatoms. The second kappa shape index (κ2) is 7.87. The van der Waals surface area contributed by atoms with Crippen LogP contribution in [-0.2, 0) is 14.3 Å². The number of carbonyl (C=O) groups is 3. The van der Waals surface area contributed by atoms with Gasteiger partial charge in [0.05, 0.1) is 5.92 Å². The summed E-state index contributed by atoms with van der Waals surface area (Å²) >= 11 is 0. The van der Waals surface area contributed by atoms with E-state index in [4.69, 9.17) is 4.74 Å². The van der Waals surface area contributed by atoms with E-state index in [1.165, 1.54) is 6.92 Å². The molecule has 1 atom stereocenters. The molecule has 0 aromatic heterocycles. The fourth-order valence-electron chi connectivity index (χ4n) is 2.58. The first kappa shape index (κ1) is 17.1. The Morgan fingerprint density at radius 3 is 2.61 bits per heavy atom. The number of rotatable bonds is 7. The normalized spacial score (nSPS) is 17.4. The van der Waals surface area contributed by atoms with Crippen molar-refractivity contribution >= 4 is 23.3 Å². The number of hydrogen-bond acceptors (Lipinski definition) is 4.